The lowest BCUT2D eigenvalue weighted by Gasteiger charge is -2.12. The molecule has 1 aliphatic heterocycles. The number of benzene rings is 1. The second-order valence-electron chi connectivity index (χ2n) is 5.97. The minimum absolute atomic E-state index is 0.0339. The van der Waals surface area contributed by atoms with E-state index in [1.165, 1.54) is 0 Å². The third kappa shape index (κ3) is 4.79. The van der Waals surface area contributed by atoms with E-state index in [-0.39, 0.29) is 23.5 Å². The van der Waals surface area contributed by atoms with E-state index in [0.717, 1.165) is 0 Å². The number of aromatic nitrogens is 1. The quantitative estimate of drug-likeness (QED) is 0.752. The van der Waals surface area contributed by atoms with Crippen LogP contribution in [-0.4, -0.2) is 42.9 Å². The average molecular weight is 374 g/mol. The standard InChI is InChI=1S/C17H18N4O4S/c22-16(19-14-2-1-8-18-10-14)12-3-5-13(6-4-12)20-17(23)21-15-7-9-26(24,25)11-15/h1-6,8,10,15H,7,9,11H2,(H,19,22)(H2,20,21,23)/t15-/m0/s1. The molecule has 0 saturated carbocycles. The number of sulfone groups is 1. The fraction of sp³-hybridized carbons (Fsp3) is 0.235. The zero-order chi connectivity index (χ0) is 18.6. The Labute approximate surface area is 150 Å². The van der Waals surface area contributed by atoms with Crippen molar-refractivity contribution < 1.29 is 18.0 Å². The number of pyridine rings is 1. The van der Waals surface area contributed by atoms with Crippen molar-refractivity contribution in [1.29, 1.82) is 0 Å². The summed E-state index contributed by atoms with van der Waals surface area (Å²) in [5.74, 6) is -0.225. The Bertz CT molecular complexity index is 898. The van der Waals surface area contributed by atoms with Gasteiger partial charge >= 0.3 is 6.03 Å². The van der Waals surface area contributed by atoms with Gasteiger partial charge in [-0.25, -0.2) is 13.2 Å². The van der Waals surface area contributed by atoms with Crippen molar-refractivity contribution in [3.05, 3.63) is 54.4 Å². The normalized spacial score (nSPS) is 18.1. The number of hydrogen-bond acceptors (Lipinski definition) is 5. The SMILES string of the molecule is O=C(Nc1ccc(C(=O)Nc2cccnc2)cc1)N[C@H]1CCS(=O)(=O)C1. The van der Waals surface area contributed by atoms with Crippen molar-refractivity contribution in [2.45, 2.75) is 12.5 Å². The molecule has 1 fully saturated rings. The summed E-state index contributed by atoms with van der Waals surface area (Å²) in [6.07, 6.45) is 3.58. The van der Waals surface area contributed by atoms with E-state index < -0.39 is 15.9 Å². The third-order valence-corrected chi connectivity index (χ3v) is 5.66. The molecule has 0 bridgehead atoms. The van der Waals surface area contributed by atoms with E-state index in [0.29, 0.717) is 23.4 Å². The molecule has 0 aliphatic carbocycles. The van der Waals surface area contributed by atoms with Crippen LogP contribution in [0.1, 0.15) is 16.8 Å². The average Bonchev–Trinajstić information content (AvgIpc) is 2.94. The highest BCUT2D eigenvalue weighted by Crippen LogP contribution is 2.14. The van der Waals surface area contributed by atoms with Gasteiger partial charge in [-0.05, 0) is 42.8 Å². The zero-order valence-corrected chi connectivity index (χ0v) is 14.6. The minimum Gasteiger partial charge on any atom is -0.334 e. The van der Waals surface area contributed by atoms with E-state index in [1.54, 1.807) is 48.8 Å². The summed E-state index contributed by atoms with van der Waals surface area (Å²) in [5, 5.41) is 7.98. The number of nitrogens with one attached hydrogen (secondary N) is 3. The molecule has 2 aromatic rings. The summed E-state index contributed by atoms with van der Waals surface area (Å²) in [4.78, 5) is 28.0. The molecule has 0 spiro atoms. The Morgan fingerprint density at radius 1 is 1.04 bits per heavy atom. The van der Waals surface area contributed by atoms with Crippen molar-refractivity contribution in [3.8, 4) is 0 Å². The molecule has 0 unspecified atom stereocenters. The topological polar surface area (TPSA) is 117 Å². The van der Waals surface area contributed by atoms with Gasteiger partial charge in [0.1, 0.15) is 0 Å². The first-order chi connectivity index (χ1) is 12.4. The minimum atomic E-state index is -3.05. The van der Waals surface area contributed by atoms with Crippen molar-refractivity contribution in [2.75, 3.05) is 22.1 Å². The van der Waals surface area contributed by atoms with Gasteiger partial charge in [0.15, 0.2) is 9.84 Å². The zero-order valence-electron chi connectivity index (χ0n) is 13.8. The maximum Gasteiger partial charge on any atom is 0.319 e. The molecule has 1 atom stereocenters. The highest BCUT2D eigenvalue weighted by molar-refractivity contribution is 7.91. The molecule has 1 aromatic carbocycles. The van der Waals surface area contributed by atoms with Crippen LogP contribution in [0.4, 0.5) is 16.2 Å². The van der Waals surface area contributed by atoms with Crippen LogP contribution in [0.3, 0.4) is 0 Å². The number of urea groups is 1. The van der Waals surface area contributed by atoms with E-state index in [1.807, 2.05) is 0 Å². The van der Waals surface area contributed by atoms with Gasteiger partial charge in [-0.1, -0.05) is 0 Å². The molecule has 1 aliphatic rings. The van der Waals surface area contributed by atoms with Crippen molar-refractivity contribution in [3.63, 3.8) is 0 Å². The molecule has 3 amide bonds. The predicted octanol–water partition coefficient (Wildman–Crippen LogP) is 1.64. The Balaban J connectivity index is 1.54. The van der Waals surface area contributed by atoms with Crippen LogP contribution in [0, 0.1) is 0 Å². The van der Waals surface area contributed by atoms with Crippen LogP contribution in [-0.2, 0) is 9.84 Å². The summed E-state index contributed by atoms with van der Waals surface area (Å²) in [7, 11) is -3.05. The second kappa shape index (κ2) is 7.52. The molecule has 1 aromatic heterocycles. The number of nitrogens with zero attached hydrogens (tertiary/aromatic N) is 1. The Hall–Kier alpha value is -2.94. The van der Waals surface area contributed by atoms with E-state index >= 15 is 0 Å². The van der Waals surface area contributed by atoms with Gasteiger partial charge in [-0.15, -0.1) is 0 Å². The summed E-state index contributed by atoms with van der Waals surface area (Å²) < 4.78 is 22.8. The van der Waals surface area contributed by atoms with Crippen molar-refractivity contribution in [2.24, 2.45) is 0 Å². The number of anilines is 2. The number of hydrogen-bond donors (Lipinski definition) is 3. The van der Waals surface area contributed by atoms with Crippen LogP contribution in [0.5, 0.6) is 0 Å². The molecule has 3 N–H and O–H groups in total. The predicted molar refractivity (Wildman–Crippen MR) is 97.8 cm³/mol. The maximum absolute atomic E-state index is 12.1. The molecule has 3 rings (SSSR count). The molecule has 9 heteroatoms. The molecule has 0 radical (unpaired) electrons. The molecule has 8 nitrogen and oxygen atoms in total. The summed E-state index contributed by atoms with van der Waals surface area (Å²) >= 11 is 0. The first kappa shape index (κ1) is 17.9. The van der Waals surface area contributed by atoms with Crippen LogP contribution < -0.4 is 16.0 Å². The lowest BCUT2D eigenvalue weighted by atomic mass is 10.2. The van der Waals surface area contributed by atoms with Crippen LogP contribution >= 0.6 is 0 Å². The van der Waals surface area contributed by atoms with Crippen LogP contribution in [0.25, 0.3) is 0 Å². The van der Waals surface area contributed by atoms with Crippen molar-refractivity contribution >= 4 is 33.2 Å². The van der Waals surface area contributed by atoms with Gasteiger partial charge < -0.3 is 16.0 Å². The highest BCUT2D eigenvalue weighted by Gasteiger charge is 2.28. The van der Waals surface area contributed by atoms with E-state index in [2.05, 4.69) is 20.9 Å². The van der Waals surface area contributed by atoms with E-state index in [9.17, 15) is 18.0 Å². The fourth-order valence-corrected chi connectivity index (χ4v) is 4.28. The second-order valence-corrected chi connectivity index (χ2v) is 8.20. The number of carbonyl (C=O) groups is 2. The molecule has 136 valence electrons. The van der Waals surface area contributed by atoms with Crippen LogP contribution in [0.15, 0.2) is 48.8 Å². The highest BCUT2D eigenvalue weighted by atomic mass is 32.2. The van der Waals surface area contributed by atoms with Gasteiger partial charge in [0, 0.05) is 23.5 Å². The number of rotatable bonds is 4. The summed E-state index contributed by atoms with van der Waals surface area (Å²) in [6.45, 7) is 0. The Morgan fingerprint density at radius 3 is 2.42 bits per heavy atom. The molecule has 26 heavy (non-hydrogen) atoms. The third-order valence-electron chi connectivity index (χ3n) is 3.89. The summed E-state index contributed by atoms with van der Waals surface area (Å²) in [5.41, 5.74) is 1.52. The van der Waals surface area contributed by atoms with Gasteiger partial charge in [0.2, 0.25) is 0 Å². The first-order valence-electron chi connectivity index (χ1n) is 8.01. The number of carbonyl (C=O) groups excluding carboxylic acids is 2. The van der Waals surface area contributed by atoms with Gasteiger partial charge in [0.25, 0.3) is 5.91 Å². The number of amides is 3. The molecule has 2 heterocycles. The smallest absolute Gasteiger partial charge is 0.319 e. The fourth-order valence-electron chi connectivity index (χ4n) is 2.61. The Kier molecular flexibility index (Phi) is 5.17. The lowest BCUT2D eigenvalue weighted by molar-refractivity contribution is 0.102. The molecular weight excluding hydrogens is 356 g/mol. The van der Waals surface area contributed by atoms with Crippen molar-refractivity contribution in [1.82, 2.24) is 10.3 Å². The van der Waals surface area contributed by atoms with Gasteiger partial charge in [-0.3, -0.25) is 9.78 Å². The molecule has 1 saturated heterocycles. The first-order valence-corrected chi connectivity index (χ1v) is 9.83. The van der Waals surface area contributed by atoms with Gasteiger partial charge in [0.05, 0.1) is 23.4 Å². The Morgan fingerprint density at radius 2 is 1.81 bits per heavy atom. The van der Waals surface area contributed by atoms with Crippen LogP contribution in [0.2, 0.25) is 0 Å². The summed E-state index contributed by atoms with van der Waals surface area (Å²) in [6, 6.07) is 8.98. The maximum atomic E-state index is 12.1. The molecular formula is C17H18N4O4S. The van der Waals surface area contributed by atoms with Gasteiger partial charge in [-0.2, -0.15) is 0 Å². The largest absolute Gasteiger partial charge is 0.334 e. The monoisotopic (exact) mass is 374 g/mol. The lowest BCUT2D eigenvalue weighted by Crippen LogP contribution is -2.38. The van der Waals surface area contributed by atoms with E-state index in [4.69, 9.17) is 0 Å².